The first-order chi connectivity index (χ1) is 14.2. The molecule has 0 radical (unpaired) electrons. The van der Waals surface area contributed by atoms with Crippen molar-refractivity contribution in [2.75, 3.05) is 4.90 Å². The molecule has 30 heavy (non-hydrogen) atoms. The first-order valence-corrected chi connectivity index (χ1v) is 11.7. The number of thioether (sulfide) groups is 1. The number of anilines is 1. The van der Waals surface area contributed by atoms with Crippen LogP contribution in [0.4, 0.5) is 5.69 Å². The van der Waals surface area contributed by atoms with Gasteiger partial charge in [0, 0.05) is 4.90 Å². The largest absolute Gasteiger partial charge is 0.481 e. The molecule has 5 nitrogen and oxygen atoms in total. The average Bonchev–Trinajstić information content (AvgIpc) is 3.09. The summed E-state index contributed by atoms with van der Waals surface area (Å²) >= 11 is 21.3. The number of thiazole rings is 1. The zero-order chi connectivity index (χ0) is 21.7. The highest BCUT2D eigenvalue weighted by Crippen LogP contribution is 2.44. The highest BCUT2D eigenvalue weighted by atomic mass is 35.5. The van der Waals surface area contributed by atoms with E-state index >= 15 is 0 Å². The molecule has 3 aromatic rings. The van der Waals surface area contributed by atoms with Crippen LogP contribution in [0.15, 0.2) is 23.1 Å². The van der Waals surface area contributed by atoms with E-state index in [9.17, 15) is 14.7 Å². The molecule has 0 saturated carbocycles. The lowest BCUT2D eigenvalue weighted by Crippen LogP contribution is -2.41. The quantitative estimate of drug-likeness (QED) is 0.421. The van der Waals surface area contributed by atoms with Crippen molar-refractivity contribution in [2.45, 2.75) is 37.0 Å². The summed E-state index contributed by atoms with van der Waals surface area (Å²) in [5, 5.41) is 10.3. The lowest BCUT2D eigenvalue weighted by molar-refractivity contribution is -0.138. The van der Waals surface area contributed by atoms with Crippen LogP contribution in [0.1, 0.15) is 22.6 Å². The van der Waals surface area contributed by atoms with Crippen LogP contribution in [0.25, 0.3) is 10.2 Å². The second kappa shape index (κ2) is 8.20. The van der Waals surface area contributed by atoms with Gasteiger partial charge in [-0.15, -0.1) is 23.1 Å². The van der Waals surface area contributed by atoms with E-state index in [4.69, 9.17) is 34.8 Å². The van der Waals surface area contributed by atoms with Crippen molar-refractivity contribution >= 4 is 85.7 Å². The molecule has 0 aliphatic carbocycles. The van der Waals surface area contributed by atoms with Crippen molar-refractivity contribution in [1.29, 1.82) is 0 Å². The number of nitrogens with zero attached hydrogens (tertiary/aromatic N) is 2. The molecular formula is C20H15Cl3N2O3S2. The van der Waals surface area contributed by atoms with Crippen LogP contribution in [0.3, 0.4) is 0 Å². The van der Waals surface area contributed by atoms with E-state index in [1.807, 2.05) is 26.0 Å². The van der Waals surface area contributed by atoms with Crippen LogP contribution in [-0.2, 0) is 16.1 Å². The number of carboxylic acid groups (broad SMARTS) is 1. The number of aromatic nitrogens is 1. The van der Waals surface area contributed by atoms with Gasteiger partial charge in [-0.2, -0.15) is 0 Å². The maximum atomic E-state index is 13.2. The molecule has 4 rings (SSSR count). The summed E-state index contributed by atoms with van der Waals surface area (Å²) in [4.78, 5) is 31.5. The lowest BCUT2D eigenvalue weighted by atomic mass is 10.1. The van der Waals surface area contributed by atoms with Crippen molar-refractivity contribution in [3.8, 4) is 0 Å². The number of halogens is 3. The first-order valence-electron chi connectivity index (χ1n) is 8.89. The van der Waals surface area contributed by atoms with Crippen LogP contribution in [0, 0.1) is 13.8 Å². The summed E-state index contributed by atoms with van der Waals surface area (Å²) in [5.41, 5.74) is 3.38. The first kappa shape index (κ1) is 21.7. The Kier molecular flexibility index (Phi) is 5.94. The fourth-order valence-electron chi connectivity index (χ4n) is 3.26. The predicted molar refractivity (Wildman–Crippen MR) is 124 cm³/mol. The monoisotopic (exact) mass is 500 g/mol. The molecule has 2 aromatic carbocycles. The van der Waals surface area contributed by atoms with Gasteiger partial charge in [0.15, 0.2) is 0 Å². The highest BCUT2D eigenvalue weighted by molar-refractivity contribution is 8.01. The van der Waals surface area contributed by atoms with Crippen molar-refractivity contribution in [2.24, 2.45) is 0 Å². The van der Waals surface area contributed by atoms with Crippen LogP contribution in [-0.4, -0.2) is 27.2 Å². The Hall–Kier alpha value is -1.51. The molecule has 0 bridgehead atoms. The van der Waals surface area contributed by atoms with E-state index in [1.165, 1.54) is 23.1 Å². The maximum absolute atomic E-state index is 13.2. The maximum Gasteiger partial charge on any atom is 0.305 e. The molecule has 10 heteroatoms. The third-order valence-corrected chi connectivity index (χ3v) is 8.38. The van der Waals surface area contributed by atoms with Crippen molar-refractivity contribution in [3.05, 3.63) is 49.4 Å². The summed E-state index contributed by atoms with van der Waals surface area (Å²) in [7, 11) is 0. The number of carbonyl (C=O) groups is 2. The number of rotatable bonds is 4. The van der Waals surface area contributed by atoms with Crippen molar-refractivity contribution < 1.29 is 14.7 Å². The number of carboxylic acids is 1. The van der Waals surface area contributed by atoms with E-state index < -0.39 is 11.2 Å². The third kappa shape index (κ3) is 3.89. The fraction of sp³-hybridized carbons (Fsp3) is 0.250. The number of hydrogen-bond donors (Lipinski definition) is 1. The van der Waals surface area contributed by atoms with E-state index in [2.05, 4.69) is 4.98 Å². The molecule has 1 aliphatic heterocycles. The van der Waals surface area contributed by atoms with E-state index in [-0.39, 0.29) is 18.9 Å². The van der Waals surface area contributed by atoms with Gasteiger partial charge in [0.25, 0.3) is 0 Å². The summed E-state index contributed by atoms with van der Waals surface area (Å²) in [6.07, 6.45) is -0.251. The second-order valence-corrected chi connectivity index (χ2v) is 10.5. The normalized spacial score (nSPS) is 16.2. The fourth-order valence-corrected chi connectivity index (χ4v) is 6.34. The molecule has 156 valence electrons. The summed E-state index contributed by atoms with van der Waals surface area (Å²) in [6.45, 7) is 4.16. The molecule has 0 spiro atoms. The minimum absolute atomic E-state index is 0.189. The van der Waals surface area contributed by atoms with Gasteiger partial charge in [-0.1, -0.05) is 34.8 Å². The van der Waals surface area contributed by atoms with Gasteiger partial charge < -0.3 is 10.0 Å². The van der Waals surface area contributed by atoms with Crippen LogP contribution in [0.5, 0.6) is 0 Å². The lowest BCUT2D eigenvalue weighted by Gasteiger charge is -2.33. The average molecular weight is 502 g/mol. The zero-order valence-electron chi connectivity index (χ0n) is 15.8. The molecular weight excluding hydrogens is 487 g/mol. The molecule has 0 saturated heterocycles. The topological polar surface area (TPSA) is 70.5 Å². The second-order valence-electron chi connectivity index (χ2n) is 6.97. The van der Waals surface area contributed by atoms with Crippen molar-refractivity contribution in [1.82, 2.24) is 4.98 Å². The summed E-state index contributed by atoms with van der Waals surface area (Å²) in [6, 6.07) is 5.52. The van der Waals surface area contributed by atoms with Crippen LogP contribution >= 0.6 is 57.9 Å². The Balaban J connectivity index is 1.79. The number of aliphatic carboxylic acids is 1. The number of amides is 1. The van der Waals surface area contributed by atoms with E-state index in [0.717, 1.165) is 21.7 Å². The summed E-state index contributed by atoms with van der Waals surface area (Å²) < 4.78 is 0.697. The molecule has 1 aromatic heterocycles. The van der Waals surface area contributed by atoms with Gasteiger partial charge in [-0.3, -0.25) is 9.59 Å². The van der Waals surface area contributed by atoms with Gasteiger partial charge in [0.1, 0.15) is 10.5 Å². The Labute approximate surface area is 195 Å². The number of fused-ring (bicyclic) bond motifs is 2. The molecule has 1 atom stereocenters. The molecule has 1 aliphatic rings. The standard InChI is InChI=1S/C20H15Cl3N2O3S2/c1-8-3-12-13(4-9(8)2)29-14(6-16(26)27)20(28)25(12)7-15-24-18-17(23)10(21)5-11(22)19(18)30-15/h3-5,14H,6-7H2,1-2H3,(H,26,27). The van der Waals surface area contributed by atoms with Gasteiger partial charge in [-0.05, 0) is 43.2 Å². The highest BCUT2D eigenvalue weighted by Gasteiger charge is 2.36. The minimum Gasteiger partial charge on any atom is -0.481 e. The van der Waals surface area contributed by atoms with E-state index in [0.29, 0.717) is 30.3 Å². The van der Waals surface area contributed by atoms with Crippen LogP contribution < -0.4 is 4.90 Å². The number of hydrogen-bond acceptors (Lipinski definition) is 5. The smallest absolute Gasteiger partial charge is 0.305 e. The van der Waals surface area contributed by atoms with Crippen LogP contribution in [0.2, 0.25) is 15.1 Å². The van der Waals surface area contributed by atoms with Gasteiger partial charge >= 0.3 is 5.97 Å². The zero-order valence-corrected chi connectivity index (χ0v) is 19.7. The minimum atomic E-state index is -1.01. The Morgan fingerprint density at radius 1 is 1.17 bits per heavy atom. The Morgan fingerprint density at radius 2 is 1.87 bits per heavy atom. The number of carbonyl (C=O) groups excluding carboxylic acids is 1. The van der Waals surface area contributed by atoms with Crippen molar-refractivity contribution in [3.63, 3.8) is 0 Å². The SMILES string of the molecule is Cc1cc2c(cc1C)N(Cc1nc3c(Cl)c(Cl)cc(Cl)c3s1)C(=O)C(CC(=O)O)S2. The third-order valence-electron chi connectivity index (χ3n) is 4.89. The van der Waals surface area contributed by atoms with Gasteiger partial charge in [0.2, 0.25) is 5.91 Å². The number of benzene rings is 2. The number of aryl methyl sites for hydroxylation is 2. The van der Waals surface area contributed by atoms with E-state index in [1.54, 1.807) is 11.0 Å². The molecule has 0 fully saturated rings. The molecule has 2 heterocycles. The summed E-state index contributed by atoms with van der Waals surface area (Å²) in [5.74, 6) is -1.27. The molecule has 1 amide bonds. The molecule has 1 unspecified atom stereocenters. The predicted octanol–water partition coefficient (Wildman–Crippen LogP) is 6.36. The molecule has 1 N–H and O–H groups in total. The Bertz CT molecular complexity index is 1210. The van der Waals surface area contributed by atoms with Gasteiger partial charge in [-0.25, -0.2) is 4.98 Å². The Morgan fingerprint density at radius 3 is 2.57 bits per heavy atom. The van der Waals surface area contributed by atoms with Gasteiger partial charge in [0.05, 0.1) is 43.7 Å².